The molecule has 0 aliphatic carbocycles. The van der Waals surface area contributed by atoms with E-state index in [0.717, 1.165) is 12.1 Å². The van der Waals surface area contributed by atoms with Crippen LogP contribution in [0, 0.1) is 0 Å². The van der Waals surface area contributed by atoms with Gasteiger partial charge in [-0.2, -0.15) is 0 Å². The summed E-state index contributed by atoms with van der Waals surface area (Å²) in [7, 11) is 3.83. The third-order valence-electron chi connectivity index (χ3n) is 2.69. The number of anilines is 2. The summed E-state index contributed by atoms with van der Waals surface area (Å²) in [5.74, 6) is -0.0882. The lowest BCUT2D eigenvalue weighted by molar-refractivity contribution is -0.116. The fraction of sp³-hybridized carbons (Fsp3) is 0.462. The van der Waals surface area contributed by atoms with E-state index in [1.165, 1.54) is 0 Å². The molecule has 18 heavy (non-hydrogen) atoms. The normalized spacial score (nSPS) is 12.1. The highest BCUT2D eigenvalue weighted by atomic mass is 35.5. The van der Waals surface area contributed by atoms with Gasteiger partial charge in [-0.05, 0) is 24.6 Å². The second-order valence-electron chi connectivity index (χ2n) is 4.48. The quantitative estimate of drug-likeness (QED) is 0.863. The fourth-order valence-corrected chi connectivity index (χ4v) is 1.75. The van der Waals surface area contributed by atoms with E-state index in [-0.39, 0.29) is 11.9 Å². The maximum absolute atomic E-state index is 11.8. The van der Waals surface area contributed by atoms with Crippen LogP contribution < -0.4 is 16.0 Å². The number of carbonyl (C=O) groups excluding carboxylic acids is 1. The van der Waals surface area contributed by atoms with Crippen molar-refractivity contribution in [1.29, 1.82) is 0 Å². The second-order valence-corrected chi connectivity index (χ2v) is 4.91. The molecule has 0 aromatic heterocycles. The van der Waals surface area contributed by atoms with Crippen molar-refractivity contribution >= 4 is 28.9 Å². The Balaban J connectivity index is 2.82. The molecule has 4 nitrogen and oxygen atoms in total. The molecule has 1 amide bonds. The average Bonchev–Trinajstić information content (AvgIpc) is 2.28. The highest BCUT2D eigenvalue weighted by molar-refractivity contribution is 6.31. The summed E-state index contributed by atoms with van der Waals surface area (Å²) >= 11 is 5.94. The third-order valence-corrected chi connectivity index (χ3v) is 2.92. The highest BCUT2D eigenvalue weighted by Gasteiger charge is 2.11. The largest absolute Gasteiger partial charge is 0.376 e. The monoisotopic (exact) mass is 269 g/mol. The first-order chi connectivity index (χ1) is 8.43. The molecule has 1 aromatic carbocycles. The number of hydrogen-bond donors (Lipinski definition) is 2. The van der Waals surface area contributed by atoms with Crippen LogP contribution in [0.2, 0.25) is 5.02 Å². The summed E-state index contributed by atoms with van der Waals surface area (Å²) in [5, 5.41) is 3.45. The Bertz CT molecular complexity index is 421. The molecule has 0 saturated carbocycles. The minimum atomic E-state index is -0.105. The van der Waals surface area contributed by atoms with Gasteiger partial charge in [0.25, 0.3) is 0 Å². The Morgan fingerprint density at radius 2 is 2.17 bits per heavy atom. The number of nitrogens with one attached hydrogen (secondary N) is 1. The van der Waals surface area contributed by atoms with Gasteiger partial charge >= 0.3 is 0 Å². The van der Waals surface area contributed by atoms with Crippen LogP contribution in [0.4, 0.5) is 11.4 Å². The average molecular weight is 270 g/mol. The zero-order chi connectivity index (χ0) is 13.7. The number of benzene rings is 1. The molecule has 1 unspecified atom stereocenters. The molecule has 0 fully saturated rings. The van der Waals surface area contributed by atoms with Gasteiger partial charge in [0.05, 0.1) is 11.4 Å². The topological polar surface area (TPSA) is 58.4 Å². The molecule has 1 atom stereocenters. The van der Waals surface area contributed by atoms with Crippen LogP contribution in [-0.2, 0) is 4.79 Å². The van der Waals surface area contributed by atoms with E-state index in [9.17, 15) is 4.79 Å². The number of amides is 1. The summed E-state index contributed by atoms with van der Waals surface area (Å²) in [6.07, 6.45) is 1.10. The molecule has 0 aliphatic heterocycles. The van der Waals surface area contributed by atoms with Crippen molar-refractivity contribution in [2.45, 2.75) is 25.8 Å². The highest BCUT2D eigenvalue weighted by Crippen LogP contribution is 2.27. The number of nitrogens with zero attached hydrogens (tertiary/aromatic N) is 1. The zero-order valence-corrected chi connectivity index (χ0v) is 11.8. The lowest BCUT2D eigenvalue weighted by Gasteiger charge is -2.18. The Morgan fingerprint density at radius 3 is 2.72 bits per heavy atom. The van der Waals surface area contributed by atoms with Crippen LogP contribution in [0.1, 0.15) is 19.8 Å². The van der Waals surface area contributed by atoms with Gasteiger partial charge in [0, 0.05) is 31.6 Å². The Hall–Kier alpha value is -1.26. The van der Waals surface area contributed by atoms with Crippen molar-refractivity contribution in [3.05, 3.63) is 23.2 Å². The number of rotatable bonds is 5. The van der Waals surface area contributed by atoms with Gasteiger partial charge in [-0.25, -0.2) is 0 Å². The minimum Gasteiger partial charge on any atom is -0.376 e. The van der Waals surface area contributed by atoms with Gasteiger partial charge in [0.15, 0.2) is 0 Å². The summed E-state index contributed by atoms with van der Waals surface area (Å²) in [5.41, 5.74) is 7.38. The van der Waals surface area contributed by atoms with Gasteiger partial charge in [-0.15, -0.1) is 0 Å². The van der Waals surface area contributed by atoms with Crippen LogP contribution in [0.5, 0.6) is 0 Å². The van der Waals surface area contributed by atoms with Crippen LogP contribution in [0.15, 0.2) is 18.2 Å². The molecule has 0 saturated heterocycles. The number of halogens is 1. The standard InChI is InChI=1S/C13H20ClN3O/c1-4-10(15)8-13(18)16-11-7-9(14)5-6-12(11)17(2)3/h5-7,10H,4,8,15H2,1-3H3,(H,16,18). The van der Waals surface area contributed by atoms with E-state index >= 15 is 0 Å². The van der Waals surface area contributed by atoms with E-state index in [2.05, 4.69) is 5.32 Å². The predicted octanol–water partition coefficient (Wildman–Crippen LogP) is 2.47. The van der Waals surface area contributed by atoms with Crippen LogP contribution >= 0.6 is 11.6 Å². The van der Waals surface area contributed by atoms with Crippen molar-refractivity contribution in [3.63, 3.8) is 0 Å². The van der Waals surface area contributed by atoms with E-state index in [4.69, 9.17) is 17.3 Å². The van der Waals surface area contributed by atoms with Crippen LogP contribution in [0.25, 0.3) is 0 Å². The van der Waals surface area contributed by atoms with E-state index in [1.54, 1.807) is 12.1 Å². The molecule has 3 N–H and O–H groups in total. The first-order valence-electron chi connectivity index (χ1n) is 5.96. The zero-order valence-electron chi connectivity index (χ0n) is 11.0. The predicted molar refractivity (Wildman–Crippen MR) is 77.3 cm³/mol. The van der Waals surface area contributed by atoms with E-state index in [1.807, 2.05) is 32.0 Å². The van der Waals surface area contributed by atoms with Gasteiger partial charge in [-0.1, -0.05) is 18.5 Å². The SMILES string of the molecule is CCC(N)CC(=O)Nc1cc(Cl)ccc1N(C)C. The summed E-state index contributed by atoms with van der Waals surface area (Å²) < 4.78 is 0. The van der Waals surface area contributed by atoms with Gasteiger partial charge in [-0.3, -0.25) is 4.79 Å². The van der Waals surface area contributed by atoms with Crippen LogP contribution in [0.3, 0.4) is 0 Å². The number of carbonyl (C=O) groups is 1. The Kier molecular flexibility index (Phi) is 5.44. The Labute approximate surface area is 113 Å². The van der Waals surface area contributed by atoms with Crippen molar-refractivity contribution < 1.29 is 4.79 Å². The molecule has 0 heterocycles. The molecule has 0 spiro atoms. The maximum Gasteiger partial charge on any atom is 0.225 e. The van der Waals surface area contributed by atoms with Gasteiger partial charge in [0.1, 0.15) is 0 Å². The number of nitrogens with two attached hydrogens (primary N) is 1. The minimum absolute atomic E-state index is 0.0882. The molecule has 1 rings (SSSR count). The molecule has 0 radical (unpaired) electrons. The lowest BCUT2D eigenvalue weighted by atomic mass is 10.1. The third kappa shape index (κ3) is 4.20. The maximum atomic E-state index is 11.8. The number of hydrogen-bond acceptors (Lipinski definition) is 3. The molecule has 1 aromatic rings. The molecular weight excluding hydrogens is 250 g/mol. The molecule has 100 valence electrons. The van der Waals surface area contributed by atoms with E-state index < -0.39 is 0 Å². The first-order valence-corrected chi connectivity index (χ1v) is 6.34. The van der Waals surface area contributed by atoms with Crippen molar-refractivity contribution in [1.82, 2.24) is 0 Å². The van der Waals surface area contributed by atoms with Crippen LogP contribution in [-0.4, -0.2) is 26.0 Å². The van der Waals surface area contributed by atoms with Crippen molar-refractivity contribution in [2.75, 3.05) is 24.3 Å². The lowest BCUT2D eigenvalue weighted by Crippen LogP contribution is -2.26. The first kappa shape index (κ1) is 14.8. The summed E-state index contributed by atoms with van der Waals surface area (Å²) in [6, 6.07) is 5.31. The molecular formula is C13H20ClN3O. The second kappa shape index (κ2) is 6.61. The van der Waals surface area contributed by atoms with Gasteiger partial charge in [0.2, 0.25) is 5.91 Å². The van der Waals surface area contributed by atoms with Crippen molar-refractivity contribution in [2.24, 2.45) is 5.73 Å². The summed E-state index contributed by atoms with van der Waals surface area (Å²) in [6.45, 7) is 1.96. The smallest absolute Gasteiger partial charge is 0.225 e. The molecule has 0 bridgehead atoms. The van der Waals surface area contributed by atoms with E-state index in [0.29, 0.717) is 17.1 Å². The fourth-order valence-electron chi connectivity index (χ4n) is 1.58. The van der Waals surface area contributed by atoms with Crippen molar-refractivity contribution in [3.8, 4) is 0 Å². The molecule has 5 heteroatoms. The Morgan fingerprint density at radius 1 is 1.50 bits per heavy atom. The molecule has 0 aliphatic rings. The summed E-state index contributed by atoms with van der Waals surface area (Å²) in [4.78, 5) is 13.7. The van der Waals surface area contributed by atoms with Gasteiger partial charge < -0.3 is 16.0 Å².